The summed E-state index contributed by atoms with van der Waals surface area (Å²) in [6, 6.07) is 7.70. The van der Waals surface area contributed by atoms with Gasteiger partial charge in [-0.05, 0) is 51.7 Å². The van der Waals surface area contributed by atoms with Crippen molar-refractivity contribution in [3.8, 4) is 0 Å². The number of carbonyl (C=O) groups excluding carboxylic acids is 1. The van der Waals surface area contributed by atoms with Crippen molar-refractivity contribution >= 4 is 67.1 Å². The van der Waals surface area contributed by atoms with Crippen LogP contribution in [-0.2, 0) is 0 Å². The van der Waals surface area contributed by atoms with Crippen LogP contribution >= 0.6 is 45.9 Å². The predicted octanol–water partition coefficient (Wildman–Crippen LogP) is 5.57. The molecule has 0 saturated heterocycles. The molecule has 1 aromatic carbocycles. The van der Waals surface area contributed by atoms with E-state index in [-0.39, 0.29) is 5.91 Å². The van der Waals surface area contributed by atoms with Crippen molar-refractivity contribution in [3.63, 3.8) is 0 Å². The smallest absolute Gasteiger partial charge is 0.262 e. The van der Waals surface area contributed by atoms with Gasteiger partial charge in [-0.25, -0.2) is 4.98 Å². The molecule has 0 unspecified atom stereocenters. The summed E-state index contributed by atoms with van der Waals surface area (Å²) in [4.78, 5) is 21.7. The lowest BCUT2D eigenvalue weighted by molar-refractivity contribution is 0.0986. The molecule has 4 nitrogen and oxygen atoms in total. The SMILES string of the molecule is Cc1cccc2sc(N(CCCN(C)C)C(=O)c3cc(Cl)sc3Cl)nc12. The Hall–Kier alpha value is -1.18. The van der Waals surface area contributed by atoms with Crippen LogP contribution in [0.2, 0.25) is 8.67 Å². The Labute approximate surface area is 171 Å². The van der Waals surface area contributed by atoms with Crippen molar-refractivity contribution in [2.75, 3.05) is 32.1 Å². The van der Waals surface area contributed by atoms with E-state index in [2.05, 4.69) is 4.90 Å². The minimum absolute atomic E-state index is 0.159. The summed E-state index contributed by atoms with van der Waals surface area (Å²) >= 11 is 15.0. The molecule has 26 heavy (non-hydrogen) atoms. The first-order valence-electron chi connectivity index (χ1n) is 8.14. The molecular weight excluding hydrogens is 409 g/mol. The summed E-state index contributed by atoms with van der Waals surface area (Å²) in [6.45, 7) is 3.48. The van der Waals surface area contributed by atoms with Crippen LogP contribution in [-0.4, -0.2) is 43.0 Å². The van der Waals surface area contributed by atoms with E-state index in [0.29, 0.717) is 25.9 Å². The van der Waals surface area contributed by atoms with Gasteiger partial charge in [0.05, 0.1) is 20.1 Å². The van der Waals surface area contributed by atoms with E-state index in [9.17, 15) is 4.79 Å². The fourth-order valence-corrected chi connectivity index (χ4v) is 5.17. The highest BCUT2D eigenvalue weighted by atomic mass is 35.5. The highest BCUT2D eigenvalue weighted by Crippen LogP contribution is 2.35. The molecule has 0 radical (unpaired) electrons. The molecule has 0 atom stereocenters. The molecule has 2 heterocycles. The number of nitrogens with zero attached hydrogens (tertiary/aromatic N) is 3. The second kappa shape index (κ2) is 8.23. The number of aromatic nitrogens is 1. The van der Waals surface area contributed by atoms with Gasteiger partial charge in [-0.1, -0.05) is 46.7 Å². The first kappa shape index (κ1) is 19.6. The third-order valence-electron chi connectivity index (χ3n) is 3.96. The fourth-order valence-electron chi connectivity index (χ4n) is 2.65. The zero-order chi connectivity index (χ0) is 18.8. The summed E-state index contributed by atoms with van der Waals surface area (Å²) < 4.78 is 1.99. The van der Waals surface area contributed by atoms with Crippen molar-refractivity contribution in [2.24, 2.45) is 0 Å². The van der Waals surface area contributed by atoms with Crippen LogP contribution < -0.4 is 4.90 Å². The van der Waals surface area contributed by atoms with Crippen molar-refractivity contribution in [2.45, 2.75) is 13.3 Å². The minimum Gasteiger partial charge on any atom is -0.309 e. The molecule has 0 saturated carbocycles. The molecule has 8 heteroatoms. The highest BCUT2D eigenvalue weighted by molar-refractivity contribution is 7.22. The third-order valence-corrected chi connectivity index (χ3v) is 6.49. The number of thiazole rings is 1. The maximum atomic E-state index is 13.2. The van der Waals surface area contributed by atoms with Gasteiger partial charge in [0.2, 0.25) is 0 Å². The average molecular weight is 428 g/mol. The molecule has 0 N–H and O–H groups in total. The van der Waals surface area contributed by atoms with Crippen molar-refractivity contribution in [1.29, 1.82) is 0 Å². The van der Waals surface area contributed by atoms with E-state index in [1.165, 1.54) is 22.7 Å². The first-order chi connectivity index (χ1) is 12.4. The van der Waals surface area contributed by atoms with Gasteiger partial charge < -0.3 is 4.90 Å². The molecule has 0 aliphatic heterocycles. The first-order valence-corrected chi connectivity index (χ1v) is 10.5. The van der Waals surface area contributed by atoms with Gasteiger partial charge in [0.25, 0.3) is 5.91 Å². The molecule has 3 rings (SSSR count). The number of rotatable bonds is 6. The second-order valence-electron chi connectivity index (χ2n) is 6.27. The van der Waals surface area contributed by atoms with Gasteiger partial charge in [-0.3, -0.25) is 9.69 Å². The molecule has 1 amide bonds. The molecule has 2 aromatic heterocycles. The Bertz CT molecular complexity index is 936. The van der Waals surface area contributed by atoms with Crippen LogP contribution in [0.3, 0.4) is 0 Å². The third kappa shape index (κ3) is 4.21. The Balaban J connectivity index is 1.97. The van der Waals surface area contributed by atoms with Crippen molar-refractivity contribution < 1.29 is 4.79 Å². The van der Waals surface area contributed by atoms with E-state index in [1.807, 2.05) is 39.2 Å². The quantitative estimate of drug-likeness (QED) is 0.515. The summed E-state index contributed by atoms with van der Waals surface area (Å²) in [6.07, 6.45) is 0.836. The fraction of sp³-hybridized carbons (Fsp3) is 0.333. The van der Waals surface area contributed by atoms with Gasteiger partial charge >= 0.3 is 0 Å². The van der Waals surface area contributed by atoms with E-state index >= 15 is 0 Å². The number of hydrogen-bond donors (Lipinski definition) is 0. The number of amides is 1. The number of halogens is 2. The lowest BCUT2D eigenvalue weighted by Gasteiger charge is -2.20. The maximum absolute atomic E-state index is 13.2. The van der Waals surface area contributed by atoms with Crippen LogP contribution in [0.5, 0.6) is 0 Å². The summed E-state index contributed by atoms with van der Waals surface area (Å²) in [5.74, 6) is -0.159. The van der Waals surface area contributed by atoms with Crippen LogP contribution in [0.1, 0.15) is 22.3 Å². The largest absolute Gasteiger partial charge is 0.309 e. The number of fused-ring (bicyclic) bond motifs is 1. The van der Waals surface area contributed by atoms with Gasteiger partial charge in [0, 0.05) is 6.54 Å². The van der Waals surface area contributed by atoms with Crippen LogP contribution in [0.25, 0.3) is 10.2 Å². The van der Waals surface area contributed by atoms with E-state index in [0.717, 1.165) is 28.7 Å². The normalized spacial score (nSPS) is 11.5. The maximum Gasteiger partial charge on any atom is 0.262 e. The average Bonchev–Trinajstić information content (AvgIpc) is 3.14. The molecule has 0 aliphatic rings. The summed E-state index contributed by atoms with van der Waals surface area (Å²) in [5.41, 5.74) is 2.47. The lowest BCUT2D eigenvalue weighted by atomic mass is 10.2. The highest BCUT2D eigenvalue weighted by Gasteiger charge is 2.25. The van der Waals surface area contributed by atoms with Gasteiger partial charge in [0.15, 0.2) is 5.13 Å². The number of aryl methyl sites for hydroxylation is 1. The Morgan fingerprint density at radius 3 is 2.58 bits per heavy atom. The van der Waals surface area contributed by atoms with E-state index in [1.54, 1.807) is 11.0 Å². The van der Waals surface area contributed by atoms with Crippen molar-refractivity contribution in [3.05, 3.63) is 44.1 Å². The molecule has 0 spiro atoms. The van der Waals surface area contributed by atoms with Gasteiger partial charge in [-0.2, -0.15) is 0 Å². The Morgan fingerprint density at radius 2 is 1.96 bits per heavy atom. The number of thiophene rings is 1. The Morgan fingerprint density at radius 1 is 1.19 bits per heavy atom. The minimum atomic E-state index is -0.159. The number of hydrogen-bond acceptors (Lipinski definition) is 5. The lowest BCUT2D eigenvalue weighted by Crippen LogP contribution is -2.33. The molecule has 0 bridgehead atoms. The number of anilines is 1. The molecule has 0 fully saturated rings. The monoisotopic (exact) mass is 427 g/mol. The van der Waals surface area contributed by atoms with E-state index < -0.39 is 0 Å². The van der Waals surface area contributed by atoms with E-state index in [4.69, 9.17) is 28.2 Å². The van der Waals surface area contributed by atoms with Crippen LogP contribution in [0.4, 0.5) is 5.13 Å². The summed E-state index contributed by atoms with van der Waals surface area (Å²) in [7, 11) is 4.03. The van der Waals surface area contributed by atoms with Crippen LogP contribution in [0.15, 0.2) is 24.3 Å². The standard InChI is InChI=1S/C18H19Cl2N3OS2/c1-11-6-4-7-13-15(11)21-18(25-13)23(9-5-8-22(2)3)17(24)12-10-14(19)26-16(12)20/h4,6-7,10H,5,8-9H2,1-3H3. The zero-order valence-electron chi connectivity index (χ0n) is 14.8. The van der Waals surface area contributed by atoms with Crippen LogP contribution in [0, 0.1) is 6.92 Å². The summed E-state index contributed by atoms with van der Waals surface area (Å²) in [5, 5.41) is 0.691. The Kier molecular flexibility index (Phi) is 6.20. The van der Waals surface area contributed by atoms with Gasteiger partial charge in [-0.15, -0.1) is 11.3 Å². The molecular formula is C18H19Cl2N3OS2. The molecule has 0 aliphatic carbocycles. The second-order valence-corrected chi connectivity index (χ2v) is 9.56. The molecule has 3 aromatic rings. The topological polar surface area (TPSA) is 36.4 Å². The zero-order valence-corrected chi connectivity index (χ0v) is 17.9. The number of benzene rings is 1. The predicted molar refractivity (Wildman–Crippen MR) is 114 cm³/mol. The number of carbonyl (C=O) groups is 1. The molecule has 138 valence electrons. The number of para-hydroxylation sites is 1. The van der Waals surface area contributed by atoms with Crippen molar-refractivity contribution in [1.82, 2.24) is 9.88 Å². The van der Waals surface area contributed by atoms with Gasteiger partial charge in [0.1, 0.15) is 4.34 Å².